The van der Waals surface area contributed by atoms with Gasteiger partial charge >= 0.3 is 0 Å². The van der Waals surface area contributed by atoms with Crippen molar-refractivity contribution < 1.29 is 8.42 Å². The molecule has 2 rings (SSSR count). The van der Waals surface area contributed by atoms with E-state index in [1.165, 1.54) is 17.1 Å². The molecule has 0 aromatic carbocycles. The van der Waals surface area contributed by atoms with Gasteiger partial charge in [-0.3, -0.25) is 4.68 Å². The molecule has 1 fully saturated rings. The molecule has 7 heteroatoms. The molecule has 0 spiro atoms. The fourth-order valence-electron chi connectivity index (χ4n) is 1.95. The maximum absolute atomic E-state index is 12.0. The first kappa shape index (κ1) is 12.5. The zero-order valence-electron chi connectivity index (χ0n) is 10.2. The molecule has 0 amide bonds. The van der Waals surface area contributed by atoms with E-state index in [0.29, 0.717) is 6.42 Å². The molecule has 1 heterocycles. The van der Waals surface area contributed by atoms with Gasteiger partial charge in [0.25, 0.3) is 0 Å². The predicted octanol–water partition coefficient (Wildman–Crippen LogP) is -0.176. The molecule has 17 heavy (non-hydrogen) atoms. The van der Waals surface area contributed by atoms with Gasteiger partial charge in [-0.05, 0) is 11.8 Å². The van der Waals surface area contributed by atoms with Crippen LogP contribution in [0.3, 0.4) is 0 Å². The third kappa shape index (κ3) is 2.10. The summed E-state index contributed by atoms with van der Waals surface area (Å²) in [5.74, 6) is 0. The average molecular weight is 258 g/mol. The lowest BCUT2D eigenvalue weighted by Crippen LogP contribution is -2.64. The number of nitrogens with zero attached hydrogens (tertiary/aromatic N) is 2. The van der Waals surface area contributed by atoms with Crippen molar-refractivity contribution in [1.82, 2.24) is 14.5 Å². The van der Waals surface area contributed by atoms with E-state index < -0.39 is 10.0 Å². The minimum absolute atomic E-state index is 0.0455. The van der Waals surface area contributed by atoms with E-state index in [4.69, 9.17) is 5.73 Å². The van der Waals surface area contributed by atoms with Gasteiger partial charge in [0.1, 0.15) is 4.90 Å². The molecule has 1 saturated carbocycles. The van der Waals surface area contributed by atoms with E-state index in [0.717, 1.165) is 0 Å². The standard InChI is InChI=1S/C10H18N4O2S/c1-10(2)8(11)4-9(10)13-17(15,16)7-5-12-14(3)6-7/h5-6,8-9,13H,4,11H2,1-3H3. The fourth-order valence-corrected chi connectivity index (χ4v) is 3.34. The van der Waals surface area contributed by atoms with Crippen molar-refractivity contribution in [3.05, 3.63) is 12.4 Å². The first-order chi connectivity index (χ1) is 7.73. The second-order valence-electron chi connectivity index (χ2n) is 5.19. The molecule has 3 N–H and O–H groups in total. The number of sulfonamides is 1. The average Bonchev–Trinajstić information content (AvgIpc) is 2.65. The Hall–Kier alpha value is -0.920. The van der Waals surface area contributed by atoms with Gasteiger partial charge in [0.05, 0.1) is 6.20 Å². The van der Waals surface area contributed by atoms with Gasteiger partial charge in [0, 0.05) is 25.3 Å². The summed E-state index contributed by atoms with van der Waals surface area (Å²) >= 11 is 0. The Bertz CT molecular complexity index is 520. The summed E-state index contributed by atoms with van der Waals surface area (Å²) in [5.41, 5.74) is 5.66. The van der Waals surface area contributed by atoms with Crippen LogP contribution >= 0.6 is 0 Å². The maximum Gasteiger partial charge on any atom is 0.243 e. The highest BCUT2D eigenvalue weighted by atomic mass is 32.2. The van der Waals surface area contributed by atoms with Crippen LogP contribution in [0.25, 0.3) is 0 Å². The lowest BCUT2D eigenvalue weighted by Gasteiger charge is -2.50. The minimum Gasteiger partial charge on any atom is -0.327 e. The van der Waals surface area contributed by atoms with Crippen molar-refractivity contribution in [2.24, 2.45) is 18.2 Å². The normalized spacial score (nSPS) is 27.8. The van der Waals surface area contributed by atoms with E-state index in [2.05, 4.69) is 9.82 Å². The van der Waals surface area contributed by atoms with Crippen LogP contribution in [0.5, 0.6) is 0 Å². The monoisotopic (exact) mass is 258 g/mol. The lowest BCUT2D eigenvalue weighted by atomic mass is 9.64. The Morgan fingerprint density at radius 3 is 2.65 bits per heavy atom. The van der Waals surface area contributed by atoms with E-state index in [9.17, 15) is 8.42 Å². The summed E-state index contributed by atoms with van der Waals surface area (Å²) in [4.78, 5) is 0.191. The Morgan fingerprint density at radius 1 is 1.59 bits per heavy atom. The summed E-state index contributed by atoms with van der Waals surface area (Å²) < 4.78 is 28.2. The quantitative estimate of drug-likeness (QED) is 0.787. The summed E-state index contributed by atoms with van der Waals surface area (Å²) in [7, 11) is -1.80. The Balaban J connectivity index is 2.15. The van der Waals surface area contributed by atoms with Crippen molar-refractivity contribution in [3.8, 4) is 0 Å². The molecule has 0 radical (unpaired) electrons. The molecular weight excluding hydrogens is 240 g/mol. The maximum atomic E-state index is 12.0. The zero-order chi connectivity index (χ0) is 12.8. The van der Waals surface area contributed by atoms with Crippen LogP contribution in [0.2, 0.25) is 0 Å². The predicted molar refractivity (Wildman–Crippen MR) is 63.7 cm³/mol. The largest absolute Gasteiger partial charge is 0.327 e. The summed E-state index contributed by atoms with van der Waals surface area (Å²) in [6, 6.07) is -0.0631. The van der Waals surface area contributed by atoms with E-state index >= 15 is 0 Å². The molecule has 1 aliphatic carbocycles. The number of aromatic nitrogens is 2. The van der Waals surface area contributed by atoms with Crippen LogP contribution in [0.4, 0.5) is 0 Å². The molecule has 6 nitrogen and oxygen atoms in total. The molecule has 0 saturated heterocycles. The molecule has 0 aliphatic heterocycles. The Kier molecular flexibility index (Phi) is 2.80. The van der Waals surface area contributed by atoms with Crippen LogP contribution in [0.1, 0.15) is 20.3 Å². The van der Waals surface area contributed by atoms with Crippen LogP contribution in [-0.4, -0.2) is 30.3 Å². The van der Waals surface area contributed by atoms with E-state index in [1.54, 1.807) is 7.05 Å². The van der Waals surface area contributed by atoms with Crippen LogP contribution in [-0.2, 0) is 17.1 Å². The topological polar surface area (TPSA) is 90.0 Å². The van der Waals surface area contributed by atoms with E-state index in [-0.39, 0.29) is 22.4 Å². The Labute approximate surface area is 101 Å². The number of rotatable bonds is 3. The molecule has 2 unspecified atom stereocenters. The third-order valence-corrected chi connectivity index (χ3v) is 5.06. The van der Waals surface area contributed by atoms with Crippen molar-refractivity contribution in [3.63, 3.8) is 0 Å². The van der Waals surface area contributed by atoms with Crippen molar-refractivity contribution in [2.75, 3.05) is 0 Å². The lowest BCUT2D eigenvalue weighted by molar-refractivity contribution is 0.0903. The molecule has 1 aromatic rings. The Morgan fingerprint density at radius 2 is 2.24 bits per heavy atom. The van der Waals surface area contributed by atoms with Crippen LogP contribution in [0, 0.1) is 5.41 Å². The summed E-state index contributed by atoms with van der Waals surface area (Å²) in [6.45, 7) is 3.94. The molecular formula is C10H18N4O2S. The third-order valence-electron chi connectivity index (χ3n) is 3.63. The van der Waals surface area contributed by atoms with Crippen LogP contribution in [0.15, 0.2) is 17.3 Å². The van der Waals surface area contributed by atoms with Gasteiger partial charge in [-0.25, -0.2) is 13.1 Å². The number of nitrogens with two attached hydrogens (primary N) is 1. The number of aryl methyl sites for hydroxylation is 1. The first-order valence-electron chi connectivity index (χ1n) is 5.50. The smallest absolute Gasteiger partial charge is 0.243 e. The number of hydrogen-bond acceptors (Lipinski definition) is 4. The van der Waals surface area contributed by atoms with Gasteiger partial charge in [0.15, 0.2) is 0 Å². The second-order valence-corrected chi connectivity index (χ2v) is 6.90. The highest BCUT2D eigenvalue weighted by Crippen LogP contribution is 2.39. The summed E-state index contributed by atoms with van der Waals surface area (Å²) in [6.07, 6.45) is 3.49. The molecule has 1 aromatic heterocycles. The van der Waals surface area contributed by atoms with Crippen molar-refractivity contribution in [2.45, 2.75) is 37.2 Å². The van der Waals surface area contributed by atoms with Crippen molar-refractivity contribution in [1.29, 1.82) is 0 Å². The van der Waals surface area contributed by atoms with Gasteiger partial charge in [-0.2, -0.15) is 5.10 Å². The molecule has 2 atom stereocenters. The fraction of sp³-hybridized carbons (Fsp3) is 0.700. The molecule has 0 bridgehead atoms. The number of nitrogens with one attached hydrogen (secondary N) is 1. The van der Waals surface area contributed by atoms with Gasteiger partial charge in [-0.15, -0.1) is 0 Å². The molecule has 1 aliphatic rings. The van der Waals surface area contributed by atoms with E-state index in [1.807, 2.05) is 13.8 Å². The van der Waals surface area contributed by atoms with Crippen molar-refractivity contribution >= 4 is 10.0 Å². The van der Waals surface area contributed by atoms with Gasteiger partial charge in [-0.1, -0.05) is 13.8 Å². The molecule has 96 valence electrons. The van der Waals surface area contributed by atoms with Gasteiger partial charge < -0.3 is 5.73 Å². The zero-order valence-corrected chi connectivity index (χ0v) is 11.0. The minimum atomic E-state index is -3.48. The first-order valence-corrected chi connectivity index (χ1v) is 6.98. The highest BCUT2D eigenvalue weighted by Gasteiger charge is 2.47. The highest BCUT2D eigenvalue weighted by molar-refractivity contribution is 7.89. The number of hydrogen-bond donors (Lipinski definition) is 2. The summed E-state index contributed by atoms with van der Waals surface area (Å²) in [5, 5.41) is 3.86. The van der Waals surface area contributed by atoms with Gasteiger partial charge in [0.2, 0.25) is 10.0 Å². The van der Waals surface area contributed by atoms with Crippen LogP contribution < -0.4 is 10.5 Å². The second kappa shape index (κ2) is 3.79. The SMILES string of the molecule is Cn1cc(S(=O)(=O)NC2CC(N)C2(C)C)cn1.